The number of benzene rings is 2. The standard InChI is InChI=1S/C30H37N3O5S/c1-21-17-23(27-7-5-6-8-28(27)31-21)19-38-25-9-11-26(12-10-25)39(36,37)20-24(32-35)18-22-13-15-33(16-14-22)29(34)30(2,3)4/h5-12,17-18,24,32,35H,13-16,19-20H2,1-4H3. The van der Waals surface area contributed by atoms with Crippen LogP contribution in [0.2, 0.25) is 0 Å². The first-order valence-corrected chi connectivity index (χ1v) is 14.8. The zero-order chi connectivity index (χ0) is 28.2. The minimum absolute atomic E-state index is 0.109. The van der Waals surface area contributed by atoms with E-state index < -0.39 is 21.3 Å². The van der Waals surface area contributed by atoms with Gasteiger partial charge in [0.1, 0.15) is 12.4 Å². The van der Waals surface area contributed by atoms with E-state index in [9.17, 15) is 18.4 Å². The Bertz CT molecular complexity index is 1450. The van der Waals surface area contributed by atoms with Crippen LogP contribution in [0.25, 0.3) is 10.9 Å². The first-order valence-electron chi connectivity index (χ1n) is 13.2. The van der Waals surface area contributed by atoms with E-state index in [1.807, 2.05) is 62.9 Å². The van der Waals surface area contributed by atoms with Crippen LogP contribution in [0, 0.1) is 12.3 Å². The summed E-state index contributed by atoms with van der Waals surface area (Å²) in [5, 5.41) is 10.7. The van der Waals surface area contributed by atoms with Crippen LogP contribution in [-0.2, 0) is 21.2 Å². The number of rotatable bonds is 8. The normalized spacial score (nSPS) is 15.3. The highest BCUT2D eigenvalue weighted by Gasteiger charge is 2.29. The lowest BCUT2D eigenvalue weighted by Crippen LogP contribution is -2.43. The fraction of sp³-hybridized carbons (Fsp3) is 0.400. The molecule has 1 saturated heterocycles. The monoisotopic (exact) mass is 551 g/mol. The molecule has 1 atom stereocenters. The van der Waals surface area contributed by atoms with E-state index in [1.54, 1.807) is 18.2 Å². The molecule has 2 heterocycles. The maximum atomic E-state index is 13.1. The van der Waals surface area contributed by atoms with Crippen LogP contribution in [-0.4, -0.2) is 54.3 Å². The SMILES string of the molecule is Cc1cc(COc2ccc(S(=O)(=O)CC(C=C3CCN(C(=O)C(C)(C)C)CC3)NO)cc2)c2ccccc2n1. The van der Waals surface area contributed by atoms with Gasteiger partial charge in [0.2, 0.25) is 5.91 Å². The van der Waals surface area contributed by atoms with Gasteiger partial charge in [-0.3, -0.25) is 9.78 Å². The van der Waals surface area contributed by atoms with Gasteiger partial charge in [-0.05, 0) is 56.2 Å². The summed E-state index contributed by atoms with van der Waals surface area (Å²) in [6.45, 7) is 9.15. The molecule has 9 heteroatoms. The number of sulfone groups is 1. The van der Waals surface area contributed by atoms with E-state index in [-0.39, 0.29) is 16.6 Å². The van der Waals surface area contributed by atoms with Crippen molar-refractivity contribution in [2.24, 2.45) is 5.41 Å². The van der Waals surface area contributed by atoms with Gasteiger partial charge in [-0.1, -0.05) is 50.6 Å². The van der Waals surface area contributed by atoms with Crippen molar-refractivity contribution < 1.29 is 23.2 Å². The number of carbonyl (C=O) groups excluding carboxylic acids is 1. The zero-order valence-corrected chi connectivity index (χ0v) is 23.8. The Morgan fingerprint density at radius 1 is 1.13 bits per heavy atom. The minimum Gasteiger partial charge on any atom is -0.489 e. The molecule has 0 aliphatic carbocycles. The maximum absolute atomic E-state index is 13.1. The van der Waals surface area contributed by atoms with Gasteiger partial charge >= 0.3 is 0 Å². The zero-order valence-electron chi connectivity index (χ0n) is 23.0. The number of aromatic nitrogens is 1. The number of amides is 1. The summed E-state index contributed by atoms with van der Waals surface area (Å²) < 4.78 is 32.1. The molecule has 0 saturated carbocycles. The number of nitrogens with one attached hydrogen (secondary N) is 1. The molecule has 1 unspecified atom stereocenters. The summed E-state index contributed by atoms with van der Waals surface area (Å²) in [6.07, 6.45) is 3.08. The summed E-state index contributed by atoms with van der Waals surface area (Å²) in [6, 6.07) is 15.5. The van der Waals surface area contributed by atoms with E-state index in [0.717, 1.165) is 27.7 Å². The third-order valence-electron chi connectivity index (χ3n) is 6.84. The quantitative estimate of drug-likeness (QED) is 0.305. The molecule has 0 bridgehead atoms. The van der Waals surface area contributed by atoms with Crippen molar-refractivity contribution in [2.75, 3.05) is 18.8 Å². The summed E-state index contributed by atoms with van der Waals surface area (Å²) in [5.74, 6) is 0.376. The Hall–Kier alpha value is -3.27. The maximum Gasteiger partial charge on any atom is 0.227 e. The van der Waals surface area contributed by atoms with Gasteiger partial charge in [0.05, 0.1) is 22.2 Å². The molecule has 1 aliphatic rings. The van der Waals surface area contributed by atoms with Crippen molar-refractivity contribution in [2.45, 2.75) is 58.1 Å². The highest BCUT2D eigenvalue weighted by atomic mass is 32.2. The number of pyridine rings is 1. The fourth-order valence-electron chi connectivity index (χ4n) is 4.80. The van der Waals surface area contributed by atoms with Gasteiger partial charge in [0.15, 0.2) is 9.84 Å². The van der Waals surface area contributed by atoms with Gasteiger partial charge < -0.3 is 14.8 Å². The molecular weight excluding hydrogens is 514 g/mol. The van der Waals surface area contributed by atoms with Crippen molar-refractivity contribution >= 4 is 26.6 Å². The van der Waals surface area contributed by atoms with Crippen LogP contribution < -0.4 is 10.2 Å². The molecule has 3 aromatic rings. The second kappa shape index (κ2) is 11.9. The molecular formula is C30H37N3O5S. The number of hydroxylamine groups is 1. The second-order valence-electron chi connectivity index (χ2n) is 11.1. The average Bonchev–Trinajstić information content (AvgIpc) is 2.91. The Morgan fingerprint density at radius 2 is 1.79 bits per heavy atom. The predicted molar refractivity (Wildman–Crippen MR) is 151 cm³/mol. The highest BCUT2D eigenvalue weighted by Crippen LogP contribution is 2.25. The molecule has 4 rings (SSSR count). The second-order valence-corrected chi connectivity index (χ2v) is 13.1. The number of hydrogen-bond donors (Lipinski definition) is 2. The summed E-state index contributed by atoms with van der Waals surface area (Å²) in [4.78, 5) is 19.1. The molecule has 2 N–H and O–H groups in total. The van der Waals surface area contributed by atoms with Gasteiger partial charge in [0.25, 0.3) is 0 Å². The van der Waals surface area contributed by atoms with Crippen LogP contribution in [0.15, 0.2) is 71.1 Å². The number of carbonyl (C=O) groups is 1. The highest BCUT2D eigenvalue weighted by molar-refractivity contribution is 7.91. The van der Waals surface area contributed by atoms with E-state index in [0.29, 0.717) is 38.3 Å². The smallest absolute Gasteiger partial charge is 0.227 e. The molecule has 8 nitrogen and oxygen atoms in total. The summed E-state index contributed by atoms with van der Waals surface area (Å²) in [7, 11) is -3.68. The third-order valence-corrected chi connectivity index (χ3v) is 8.63. The van der Waals surface area contributed by atoms with E-state index in [2.05, 4.69) is 10.5 Å². The lowest BCUT2D eigenvalue weighted by molar-refractivity contribution is -0.139. The molecule has 0 spiro atoms. The Kier molecular flexibility index (Phi) is 8.73. The van der Waals surface area contributed by atoms with Crippen molar-refractivity contribution in [3.8, 4) is 5.75 Å². The number of aryl methyl sites for hydroxylation is 1. The number of fused-ring (bicyclic) bond motifs is 1. The topological polar surface area (TPSA) is 109 Å². The Balaban J connectivity index is 1.37. The van der Waals surface area contributed by atoms with Crippen LogP contribution in [0.4, 0.5) is 0 Å². The van der Waals surface area contributed by atoms with Gasteiger partial charge in [-0.25, -0.2) is 8.42 Å². The predicted octanol–water partition coefficient (Wildman–Crippen LogP) is 4.84. The largest absolute Gasteiger partial charge is 0.489 e. The van der Waals surface area contributed by atoms with Crippen molar-refractivity contribution in [1.29, 1.82) is 0 Å². The van der Waals surface area contributed by atoms with Gasteiger partial charge in [-0.2, -0.15) is 5.48 Å². The van der Waals surface area contributed by atoms with Crippen LogP contribution in [0.3, 0.4) is 0 Å². The van der Waals surface area contributed by atoms with Crippen LogP contribution in [0.1, 0.15) is 44.9 Å². The summed E-state index contributed by atoms with van der Waals surface area (Å²) in [5.41, 5.74) is 5.55. The van der Waals surface area contributed by atoms with Crippen molar-refractivity contribution in [3.63, 3.8) is 0 Å². The molecule has 1 aliphatic heterocycles. The van der Waals surface area contributed by atoms with Crippen LogP contribution in [0.5, 0.6) is 5.75 Å². The van der Waals surface area contributed by atoms with Gasteiger partial charge in [-0.15, -0.1) is 0 Å². The number of ether oxygens (including phenoxy) is 1. The van der Waals surface area contributed by atoms with E-state index in [1.165, 1.54) is 12.1 Å². The minimum atomic E-state index is -3.68. The van der Waals surface area contributed by atoms with E-state index in [4.69, 9.17) is 4.74 Å². The first kappa shape index (κ1) is 28.7. The number of piperidine rings is 1. The Morgan fingerprint density at radius 3 is 2.44 bits per heavy atom. The molecule has 1 aromatic heterocycles. The summed E-state index contributed by atoms with van der Waals surface area (Å²) >= 11 is 0. The number of hydrogen-bond acceptors (Lipinski definition) is 7. The molecule has 208 valence electrons. The fourth-order valence-corrected chi connectivity index (χ4v) is 6.18. The molecule has 39 heavy (non-hydrogen) atoms. The van der Waals surface area contributed by atoms with Crippen LogP contribution >= 0.6 is 0 Å². The molecule has 2 aromatic carbocycles. The lowest BCUT2D eigenvalue weighted by atomic mass is 9.92. The first-order chi connectivity index (χ1) is 18.5. The third kappa shape index (κ3) is 7.23. The van der Waals surface area contributed by atoms with E-state index >= 15 is 0 Å². The Labute approximate surface area is 230 Å². The number of likely N-dealkylation sites (tertiary alicyclic amines) is 1. The molecule has 1 fully saturated rings. The average molecular weight is 552 g/mol. The molecule has 1 amide bonds. The van der Waals surface area contributed by atoms with Gasteiger partial charge in [0, 0.05) is 35.1 Å². The number of nitrogens with zero attached hydrogens (tertiary/aromatic N) is 2. The molecule has 0 radical (unpaired) electrons. The van der Waals surface area contributed by atoms with Crippen molar-refractivity contribution in [3.05, 3.63) is 77.5 Å². The number of para-hydroxylation sites is 1. The lowest BCUT2D eigenvalue weighted by Gasteiger charge is -2.33. The van der Waals surface area contributed by atoms with Crippen molar-refractivity contribution in [1.82, 2.24) is 15.4 Å².